The van der Waals surface area contributed by atoms with Gasteiger partial charge in [-0.3, -0.25) is 10.2 Å². The van der Waals surface area contributed by atoms with Gasteiger partial charge in [0, 0.05) is 12.4 Å². The average molecular weight is 220 g/mol. The molecule has 84 valence electrons. The lowest BCUT2D eigenvalue weighted by atomic mass is 10.2. The van der Waals surface area contributed by atoms with Gasteiger partial charge >= 0.3 is 0 Å². The molecule has 16 heavy (non-hydrogen) atoms. The Morgan fingerprint density at radius 2 is 2.31 bits per heavy atom. The van der Waals surface area contributed by atoms with E-state index in [0.29, 0.717) is 17.0 Å². The largest absolute Gasteiger partial charge is 0.361 e. The van der Waals surface area contributed by atoms with Crippen molar-refractivity contribution < 1.29 is 9.32 Å². The van der Waals surface area contributed by atoms with Gasteiger partial charge in [-0.15, -0.1) is 0 Å². The summed E-state index contributed by atoms with van der Waals surface area (Å²) in [6, 6.07) is 0. The van der Waals surface area contributed by atoms with E-state index in [1.807, 2.05) is 6.08 Å². The van der Waals surface area contributed by atoms with E-state index in [9.17, 15) is 4.79 Å². The minimum atomic E-state index is -0.260. The molecule has 0 fully saturated rings. The molecule has 1 amide bonds. The summed E-state index contributed by atoms with van der Waals surface area (Å²) in [6.07, 6.45) is 7.01. The first-order valence-corrected chi connectivity index (χ1v) is 4.81. The molecule has 0 aromatic carbocycles. The molecule has 0 bridgehead atoms. The predicted octanol–water partition coefficient (Wildman–Crippen LogP) is 0.784. The van der Waals surface area contributed by atoms with Crippen molar-refractivity contribution in [2.24, 2.45) is 0 Å². The second-order valence-electron chi connectivity index (χ2n) is 3.34. The van der Waals surface area contributed by atoms with Gasteiger partial charge in [0.05, 0.1) is 5.69 Å². The van der Waals surface area contributed by atoms with Crippen LogP contribution in [-0.2, 0) is 0 Å². The minimum absolute atomic E-state index is 0.260. The number of hydrazine groups is 2. The van der Waals surface area contributed by atoms with E-state index >= 15 is 0 Å². The molecular formula is C10H12N4O2. The van der Waals surface area contributed by atoms with Gasteiger partial charge in [0.15, 0.2) is 0 Å². The van der Waals surface area contributed by atoms with Crippen LogP contribution in [0, 0.1) is 13.8 Å². The van der Waals surface area contributed by atoms with E-state index in [1.165, 1.54) is 5.12 Å². The van der Waals surface area contributed by atoms with Crippen LogP contribution in [0.15, 0.2) is 29.1 Å². The van der Waals surface area contributed by atoms with Crippen molar-refractivity contribution in [3.05, 3.63) is 41.6 Å². The number of nitrogens with one attached hydrogen (secondary N) is 2. The van der Waals surface area contributed by atoms with Crippen molar-refractivity contribution in [1.29, 1.82) is 0 Å². The highest BCUT2D eigenvalue weighted by Crippen LogP contribution is 2.11. The molecule has 1 aromatic heterocycles. The summed E-state index contributed by atoms with van der Waals surface area (Å²) in [5.74, 6) is 0.246. The number of hydrogen-bond donors (Lipinski definition) is 2. The van der Waals surface area contributed by atoms with Crippen LogP contribution < -0.4 is 10.9 Å². The normalized spacial score (nSPS) is 13.8. The second-order valence-corrected chi connectivity index (χ2v) is 3.34. The Morgan fingerprint density at radius 3 is 2.88 bits per heavy atom. The van der Waals surface area contributed by atoms with Gasteiger partial charge < -0.3 is 4.52 Å². The molecule has 1 aliphatic rings. The van der Waals surface area contributed by atoms with Crippen molar-refractivity contribution in [1.82, 2.24) is 21.1 Å². The van der Waals surface area contributed by atoms with Crippen LogP contribution in [0.2, 0.25) is 0 Å². The number of aryl methyl sites for hydroxylation is 2. The van der Waals surface area contributed by atoms with Crippen molar-refractivity contribution in [2.75, 3.05) is 0 Å². The number of aromatic nitrogens is 1. The average Bonchev–Trinajstić information content (AvgIpc) is 2.60. The molecule has 2 N–H and O–H groups in total. The highest BCUT2D eigenvalue weighted by Gasteiger charge is 2.18. The molecule has 6 nitrogen and oxygen atoms in total. The first-order valence-electron chi connectivity index (χ1n) is 4.81. The summed E-state index contributed by atoms with van der Waals surface area (Å²) in [5, 5.41) is 5.18. The van der Waals surface area contributed by atoms with Crippen LogP contribution in [0.25, 0.3) is 0 Å². The number of rotatable bonds is 2. The Balaban J connectivity index is 2.09. The Bertz CT molecular complexity index is 442. The lowest BCUT2D eigenvalue weighted by Gasteiger charge is -2.22. The fourth-order valence-corrected chi connectivity index (χ4v) is 1.40. The molecule has 0 aliphatic carbocycles. The van der Waals surface area contributed by atoms with E-state index in [2.05, 4.69) is 16.0 Å². The fourth-order valence-electron chi connectivity index (χ4n) is 1.40. The monoisotopic (exact) mass is 220 g/mol. The fraction of sp³-hybridized carbons (Fsp3) is 0.200. The standard InChI is InChI=1S/C10H12N4O2/c1-7-9(8(2)16-13-7)10(15)12-14-6-4-3-5-11-14/h3-6,11H,1-2H3,(H,12,15). The molecule has 0 atom stereocenters. The number of carbonyl (C=O) groups excluding carboxylic acids is 1. The van der Waals surface area contributed by atoms with Gasteiger partial charge in [-0.05, 0) is 26.0 Å². The van der Waals surface area contributed by atoms with E-state index < -0.39 is 0 Å². The van der Waals surface area contributed by atoms with E-state index in [0.717, 1.165) is 0 Å². The molecule has 1 aromatic rings. The highest BCUT2D eigenvalue weighted by atomic mass is 16.5. The molecule has 0 saturated carbocycles. The van der Waals surface area contributed by atoms with E-state index in [4.69, 9.17) is 4.52 Å². The molecule has 0 saturated heterocycles. The maximum absolute atomic E-state index is 11.9. The van der Waals surface area contributed by atoms with Crippen molar-refractivity contribution in [3.63, 3.8) is 0 Å². The van der Waals surface area contributed by atoms with Crippen molar-refractivity contribution >= 4 is 5.91 Å². The van der Waals surface area contributed by atoms with Crippen LogP contribution in [0.3, 0.4) is 0 Å². The maximum Gasteiger partial charge on any atom is 0.276 e. The Hall–Kier alpha value is -2.24. The smallest absolute Gasteiger partial charge is 0.276 e. The second kappa shape index (κ2) is 4.09. The zero-order valence-corrected chi connectivity index (χ0v) is 9.02. The molecule has 0 spiro atoms. The summed E-state index contributed by atoms with van der Waals surface area (Å²) < 4.78 is 4.92. The maximum atomic E-state index is 11.9. The number of carbonyl (C=O) groups is 1. The molecule has 6 heteroatoms. The van der Waals surface area contributed by atoms with Crippen LogP contribution in [0.5, 0.6) is 0 Å². The van der Waals surface area contributed by atoms with Crippen LogP contribution >= 0.6 is 0 Å². The van der Waals surface area contributed by atoms with Gasteiger partial charge in [0.1, 0.15) is 11.3 Å². The van der Waals surface area contributed by atoms with Crippen LogP contribution in [0.4, 0.5) is 0 Å². The van der Waals surface area contributed by atoms with Gasteiger partial charge in [0.2, 0.25) is 0 Å². The zero-order chi connectivity index (χ0) is 11.5. The topological polar surface area (TPSA) is 70.4 Å². The molecule has 2 heterocycles. The summed E-state index contributed by atoms with van der Waals surface area (Å²) in [7, 11) is 0. The molecular weight excluding hydrogens is 208 g/mol. The number of allylic oxidation sites excluding steroid dienone is 2. The Morgan fingerprint density at radius 1 is 1.50 bits per heavy atom. The van der Waals surface area contributed by atoms with Gasteiger partial charge in [-0.1, -0.05) is 5.16 Å². The number of amides is 1. The lowest BCUT2D eigenvalue weighted by Crippen LogP contribution is -2.45. The summed E-state index contributed by atoms with van der Waals surface area (Å²) in [6.45, 7) is 3.43. The SMILES string of the molecule is Cc1noc(C)c1C(=O)NN1C=CC=CN1. The summed E-state index contributed by atoms with van der Waals surface area (Å²) in [5.41, 5.74) is 6.52. The van der Waals surface area contributed by atoms with Crippen LogP contribution in [0.1, 0.15) is 21.8 Å². The third-order valence-electron chi connectivity index (χ3n) is 2.14. The van der Waals surface area contributed by atoms with Crippen molar-refractivity contribution in [3.8, 4) is 0 Å². The number of hydrogen-bond acceptors (Lipinski definition) is 5. The highest BCUT2D eigenvalue weighted by molar-refractivity contribution is 5.95. The first kappa shape index (κ1) is 10.3. The zero-order valence-electron chi connectivity index (χ0n) is 9.02. The first-order chi connectivity index (χ1) is 7.68. The molecule has 0 unspecified atom stereocenters. The van der Waals surface area contributed by atoms with Gasteiger partial charge in [0.25, 0.3) is 5.91 Å². The Kier molecular flexibility index (Phi) is 2.63. The van der Waals surface area contributed by atoms with E-state index in [1.54, 1.807) is 32.3 Å². The van der Waals surface area contributed by atoms with Gasteiger partial charge in [-0.25, -0.2) is 10.5 Å². The third-order valence-corrected chi connectivity index (χ3v) is 2.14. The number of nitrogens with zero attached hydrogens (tertiary/aromatic N) is 2. The van der Waals surface area contributed by atoms with Crippen molar-refractivity contribution in [2.45, 2.75) is 13.8 Å². The lowest BCUT2D eigenvalue weighted by molar-refractivity contribution is 0.0811. The quantitative estimate of drug-likeness (QED) is 0.770. The molecule has 1 aliphatic heterocycles. The van der Waals surface area contributed by atoms with Gasteiger partial charge in [-0.2, -0.15) is 0 Å². The minimum Gasteiger partial charge on any atom is -0.361 e. The van der Waals surface area contributed by atoms with E-state index in [-0.39, 0.29) is 5.91 Å². The summed E-state index contributed by atoms with van der Waals surface area (Å²) in [4.78, 5) is 11.9. The Labute approximate surface area is 92.5 Å². The molecule has 0 radical (unpaired) electrons. The third kappa shape index (κ3) is 1.90. The predicted molar refractivity (Wildman–Crippen MR) is 56.7 cm³/mol. The summed E-state index contributed by atoms with van der Waals surface area (Å²) >= 11 is 0. The molecule has 2 rings (SSSR count). The van der Waals surface area contributed by atoms with Crippen LogP contribution in [-0.4, -0.2) is 16.2 Å².